The summed E-state index contributed by atoms with van der Waals surface area (Å²) < 4.78 is 59.8. The van der Waals surface area contributed by atoms with Crippen LogP contribution in [-0.4, -0.2) is 25.9 Å². The van der Waals surface area contributed by atoms with E-state index in [0.29, 0.717) is 17.9 Å². The monoisotopic (exact) mass is 676 g/mol. The van der Waals surface area contributed by atoms with Gasteiger partial charge in [-0.1, -0.05) is 24.6 Å². The summed E-state index contributed by atoms with van der Waals surface area (Å²) in [4.78, 5) is 21.2. The maximum Gasteiger partial charge on any atom is 0.277 e. The third kappa shape index (κ3) is 6.97. The fourth-order valence-electron chi connectivity index (χ4n) is 3.48. The molecule has 2 aromatic carbocycles. The highest BCUT2D eigenvalue weighted by molar-refractivity contribution is 14.1. The van der Waals surface area contributed by atoms with Crippen molar-refractivity contribution in [2.24, 2.45) is 5.92 Å². The summed E-state index contributed by atoms with van der Waals surface area (Å²) in [5, 5.41) is 2.82. The molecule has 1 aromatic heterocycles. The van der Waals surface area contributed by atoms with E-state index in [1.807, 2.05) is 29.5 Å². The van der Waals surface area contributed by atoms with Crippen LogP contribution in [-0.2, 0) is 27.8 Å². The lowest BCUT2D eigenvalue weighted by molar-refractivity contribution is 0.0270. The standard InChI is InChI=1S/C25H24ClF2IN4O4S/c1-2-14-7-16(11-30-10-14)12-31-38(35,36)21-9-18(25(34)33-37-13-15-3-4-15)24(23(28)22(21)27)32-20-6-5-17(29)8-19(20)26/h5-11,15,31-32H,2-4,12-13H2,1H3,(H,33,34). The molecule has 1 heterocycles. The van der Waals surface area contributed by atoms with Crippen LogP contribution < -0.4 is 15.5 Å². The lowest BCUT2D eigenvalue weighted by atomic mass is 10.1. The van der Waals surface area contributed by atoms with E-state index in [9.17, 15) is 13.2 Å². The summed E-state index contributed by atoms with van der Waals surface area (Å²) in [6, 6.07) is 7.30. The minimum absolute atomic E-state index is 0.189. The molecule has 38 heavy (non-hydrogen) atoms. The number of carbonyl (C=O) groups is 1. The van der Waals surface area contributed by atoms with Gasteiger partial charge in [0.25, 0.3) is 5.91 Å². The SMILES string of the molecule is CCc1cncc(CNS(=O)(=O)c2cc(C(=O)NOCC3CC3)c(Nc3ccc(I)cc3Cl)c(F)c2F)c1. The van der Waals surface area contributed by atoms with Crippen LogP contribution in [0.25, 0.3) is 0 Å². The van der Waals surface area contributed by atoms with Gasteiger partial charge >= 0.3 is 0 Å². The highest BCUT2D eigenvalue weighted by Gasteiger charge is 2.30. The van der Waals surface area contributed by atoms with E-state index in [1.165, 1.54) is 12.3 Å². The van der Waals surface area contributed by atoms with Crippen LogP contribution >= 0.6 is 34.2 Å². The van der Waals surface area contributed by atoms with E-state index in [2.05, 4.69) is 20.5 Å². The van der Waals surface area contributed by atoms with Crippen LogP contribution in [0.4, 0.5) is 20.2 Å². The zero-order chi connectivity index (χ0) is 27.4. The number of carbonyl (C=O) groups excluding carboxylic acids is 1. The van der Waals surface area contributed by atoms with Crippen molar-refractivity contribution in [3.05, 3.63) is 79.6 Å². The van der Waals surface area contributed by atoms with Crippen LogP contribution in [0.3, 0.4) is 0 Å². The highest BCUT2D eigenvalue weighted by atomic mass is 127. The van der Waals surface area contributed by atoms with Gasteiger partial charge in [0, 0.05) is 22.5 Å². The molecule has 1 aliphatic carbocycles. The van der Waals surface area contributed by atoms with Crippen molar-refractivity contribution in [3.63, 3.8) is 0 Å². The van der Waals surface area contributed by atoms with Gasteiger partial charge in [0.05, 0.1) is 28.6 Å². The molecule has 0 spiro atoms. The zero-order valence-corrected chi connectivity index (χ0v) is 23.9. The number of hydrogen-bond donors (Lipinski definition) is 3. The van der Waals surface area contributed by atoms with E-state index >= 15 is 8.78 Å². The summed E-state index contributed by atoms with van der Waals surface area (Å²) in [5.74, 6) is -3.86. The number of aryl methyl sites for hydroxylation is 1. The number of sulfonamides is 1. The van der Waals surface area contributed by atoms with Crippen molar-refractivity contribution in [2.75, 3.05) is 11.9 Å². The number of halogens is 4. The van der Waals surface area contributed by atoms with Crippen LogP contribution in [0.2, 0.25) is 5.02 Å². The van der Waals surface area contributed by atoms with Gasteiger partial charge in [-0.25, -0.2) is 27.4 Å². The molecule has 1 saturated carbocycles. The van der Waals surface area contributed by atoms with Gasteiger partial charge in [0.2, 0.25) is 10.0 Å². The topological polar surface area (TPSA) is 109 Å². The van der Waals surface area contributed by atoms with E-state index in [4.69, 9.17) is 16.4 Å². The summed E-state index contributed by atoms with van der Waals surface area (Å²) in [6.45, 7) is 1.95. The fraction of sp³-hybridized carbons (Fsp3) is 0.280. The first-order valence-corrected chi connectivity index (χ1v) is 14.6. The van der Waals surface area contributed by atoms with E-state index in [1.54, 1.807) is 24.4 Å². The first-order chi connectivity index (χ1) is 18.1. The third-order valence-corrected chi connectivity index (χ3v) is 8.19. The second kappa shape index (κ2) is 12.2. The van der Waals surface area contributed by atoms with Gasteiger partial charge in [-0.2, -0.15) is 0 Å². The summed E-state index contributed by atoms with van der Waals surface area (Å²) >= 11 is 8.27. The van der Waals surface area contributed by atoms with Gasteiger partial charge in [-0.05, 0) is 83.2 Å². The fourth-order valence-corrected chi connectivity index (χ4v) is 5.49. The highest BCUT2D eigenvalue weighted by Crippen LogP contribution is 2.34. The predicted octanol–water partition coefficient (Wildman–Crippen LogP) is 5.47. The number of amides is 1. The number of hydrogen-bond acceptors (Lipinski definition) is 6. The Morgan fingerprint density at radius 2 is 1.89 bits per heavy atom. The maximum atomic E-state index is 15.4. The molecule has 0 radical (unpaired) electrons. The van der Waals surface area contributed by atoms with Gasteiger partial charge in [0.1, 0.15) is 4.90 Å². The molecule has 1 aliphatic rings. The van der Waals surface area contributed by atoms with E-state index in [-0.39, 0.29) is 23.9 Å². The minimum atomic E-state index is -4.58. The molecule has 0 aliphatic heterocycles. The molecule has 0 unspecified atom stereocenters. The van der Waals surface area contributed by atoms with Crippen LogP contribution in [0.1, 0.15) is 41.3 Å². The van der Waals surface area contributed by atoms with Crippen molar-refractivity contribution in [1.82, 2.24) is 15.2 Å². The number of nitrogens with zero attached hydrogens (tertiary/aromatic N) is 1. The van der Waals surface area contributed by atoms with E-state index < -0.39 is 43.7 Å². The molecule has 13 heteroatoms. The molecule has 4 rings (SSSR count). The average molecular weight is 677 g/mol. The Morgan fingerprint density at radius 3 is 2.58 bits per heavy atom. The molecule has 3 aromatic rings. The Balaban J connectivity index is 1.69. The Morgan fingerprint density at radius 1 is 1.16 bits per heavy atom. The Kier molecular flexibility index (Phi) is 9.19. The minimum Gasteiger partial charge on any atom is -0.351 e. The molecule has 0 bridgehead atoms. The third-order valence-electron chi connectivity index (χ3n) is 5.81. The molecular weight excluding hydrogens is 653 g/mol. The average Bonchev–Trinajstić information content (AvgIpc) is 3.71. The molecule has 1 fully saturated rings. The lowest BCUT2D eigenvalue weighted by Crippen LogP contribution is -2.28. The molecule has 202 valence electrons. The number of anilines is 2. The summed E-state index contributed by atoms with van der Waals surface area (Å²) in [5.41, 5.74) is 2.73. The van der Waals surface area contributed by atoms with Gasteiger partial charge in [-0.3, -0.25) is 14.6 Å². The molecule has 8 nitrogen and oxygen atoms in total. The normalized spacial score (nSPS) is 13.4. The second-order valence-electron chi connectivity index (χ2n) is 8.74. The van der Waals surface area contributed by atoms with Crippen LogP contribution in [0.15, 0.2) is 47.6 Å². The largest absolute Gasteiger partial charge is 0.351 e. The summed E-state index contributed by atoms with van der Waals surface area (Å²) in [6.07, 6.45) is 5.73. The summed E-state index contributed by atoms with van der Waals surface area (Å²) in [7, 11) is -4.58. The maximum absolute atomic E-state index is 15.4. The number of aromatic nitrogens is 1. The molecule has 3 N–H and O–H groups in total. The number of hydroxylamine groups is 1. The number of rotatable bonds is 11. The Labute approximate surface area is 237 Å². The van der Waals surface area contributed by atoms with Gasteiger partial charge < -0.3 is 5.32 Å². The Hall–Kier alpha value is -2.39. The first-order valence-electron chi connectivity index (χ1n) is 11.7. The molecule has 1 amide bonds. The quantitative estimate of drug-likeness (QED) is 0.184. The second-order valence-corrected chi connectivity index (χ2v) is 12.1. The van der Waals surface area contributed by atoms with Gasteiger partial charge in [-0.15, -0.1) is 0 Å². The molecular formula is C25H24ClF2IN4O4S. The number of nitrogens with one attached hydrogen (secondary N) is 3. The smallest absolute Gasteiger partial charge is 0.277 e. The zero-order valence-electron chi connectivity index (χ0n) is 20.2. The molecule has 0 atom stereocenters. The molecule has 0 saturated heterocycles. The number of pyridine rings is 1. The van der Waals surface area contributed by atoms with Crippen molar-refractivity contribution >= 4 is 61.5 Å². The van der Waals surface area contributed by atoms with Gasteiger partial charge in [0.15, 0.2) is 11.6 Å². The lowest BCUT2D eigenvalue weighted by Gasteiger charge is -2.17. The van der Waals surface area contributed by atoms with Crippen LogP contribution in [0.5, 0.6) is 0 Å². The first kappa shape index (κ1) is 28.6. The van der Waals surface area contributed by atoms with Crippen molar-refractivity contribution in [3.8, 4) is 0 Å². The Bertz CT molecular complexity index is 1470. The van der Waals surface area contributed by atoms with Crippen molar-refractivity contribution in [2.45, 2.75) is 37.6 Å². The van der Waals surface area contributed by atoms with Crippen molar-refractivity contribution < 1.29 is 26.8 Å². The van der Waals surface area contributed by atoms with Crippen molar-refractivity contribution in [1.29, 1.82) is 0 Å². The van der Waals surface area contributed by atoms with E-state index in [0.717, 1.165) is 28.0 Å². The number of benzene rings is 2. The van der Waals surface area contributed by atoms with Crippen LogP contribution in [0, 0.1) is 21.1 Å². The predicted molar refractivity (Wildman–Crippen MR) is 148 cm³/mol.